The average Bonchev–Trinajstić information content (AvgIpc) is 2.82. The van der Waals surface area contributed by atoms with Crippen molar-refractivity contribution in [3.8, 4) is 0 Å². The van der Waals surface area contributed by atoms with Crippen LogP contribution in [0.2, 0.25) is 0 Å². The Morgan fingerprint density at radius 3 is 2.94 bits per heavy atom. The lowest BCUT2D eigenvalue weighted by Gasteiger charge is -2.07. The van der Waals surface area contributed by atoms with Crippen LogP contribution in [-0.2, 0) is 6.54 Å². The van der Waals surface area contributed by atoms with Crippen molar-refractivity contribution in [3.05, 3.63) is 54.0 Å². The van der Waals surface area contributed by atoms with Crippen molar-refractivity contribution in [2.24, 2.45) is 0 Å². The lowest BCUT2D eigenvalue weighted by molar-refractivity contribution is 1.04. The van der Waals surface area contributed by atoms with Gasteiger partial charge in [-0.3, -0.25) is 5.10 Å². The van der Waals surface area contributed by atoms with Gasteiger partial charge in [-0.15, -0.1) is 0 Å². The van der Waals surface area contributed by atoms with E-state index in [9.17, 15) is 0 Å². The molecule has 4 heteroatoms. The van der Waals surface area contributed by atoms with Gasteiger partial charge in [0, 0.05) is 29.4 Å². The summed E-state index contributed by atoms with van der Waals surface area (Å²) in [6.45, 7) is 2.74. The van der Waals surface area contributed by atoms with E-state index in [1.807, 2.05) is 37.5 Å². The molecule has 0 aliphatic carbocycles. The van der Waals surface area contributed by atoms with Crippen molar-refractivity contribution in [2.45, 2.75) is 13.5 Å². The third-order valence-electron chi connectivity index (χ3n) is 3.05. The summed E-state index contributed by atoms with van der Waals surface area (Å²) in [7, 11) is 0. The topological polar surface area (TPSA) is 53.6 Å². The van der Waals surface area contributed by atoms with Crippen LogP contribution in [0.15, 0.2) is 42.7 Å². The molecular formula is C14H14N4. The summed E-state index contributed by atoms with van der Waals surface area (Å²) >= 11 is 0. The summed E-state index contributed by atoms with van der Waals surface area (Å²) in [5, 5.41) is 12.6. The quantitative estimate of drug-likeness (QED) is 0.737. The number of pyridine rings is 1. The van der Waals surface area contributed by atoms with E-state index in [0.29, 0.717) is 0 Å². The van der Waals surface area contributed by atoms with Crippen LogP contribution in [0.5, 0.6) is 0 Å². The molecule has 0 fully saturated rings. The highest BCUT2D eigenvalue weighted by molar-refractivity contribution is 5.91. The van der Waals surface area contributed by atoms with Crippen LogP contribution < -0.4 is 5.32 Å². The van der Waals surface area contributed by atoms with Crippen LogP contribution in [0.1, 0.15) is 11.3 Å². The zero-order chi connectivity index (χ0) is 12.4. The molecule has 90 valence electrons. The molecule has 0 saturated heterocycles. The highest BCUT2D eigenvalue weighted by Gasteiger charge is 2.03. The van der Waals surface area contributed by atoms with Crippen LogP contribution in [0.4, 0.5) is 5.82 Å². The van der Waals surface area contributed by atoms with Crippen molar-refractivity contribution in [2.75, 3.05) is 5.32 Å². The van der Waals surface area contributed by atoms with Crippen LogP contribution in [0, 0.1) is 6.92 Å². The number of nitrogens with zero attached hydrogens (tertiary/aromatic N) is 2. The lowest BCUT2D eigenvalue weighted by Crippen LogP contribution is -2.02. The molecule has 2 heterocycles. The van der Waals surface area contributed by atoms with E-state index in [1.54, 1.807) is 0 Å². The minimum Gasteiger partial charge on any atom is -0.365 e. The number of aryl methyl sites for hydroxylation is 1. The maximum atomic E-state index is 4.39. The average molecular weight is 238 g/mol. The molecule has 3 aromatic rings. The second-order valence-corrected chi connectivity index (χ2v) is 4.25. The molecule has 3 rings (SSSR count). The first-order chi connectivity index (χ1) is 8.84. The highest BCUT2D eigenvalue weighted by Crippen LogP contribution is 2.21. The number of hydrogen-bond acceptors (Lipinski definition) is 3. The molecule has 2 aromatic heterocycles. The van der Waals surface area contributed by atoms with Gasteiger partial charge >= 0.3 is 0 Å². The lowest BCUT2D eigenvalue weighted by atomic mass is 10.1. The predicted molar refractivity (Wildman–Crippen MR) is 72.4 cm³/mol. The van der Waals surface area contributed by atoms with Gasteiger partial charge in [0.1, 0.15) is 5.82 Å². The number of fused-ring (bicyclic) bond motifs is 1. The van der Waals surface area contributed by atoms with E-state index in [4.69, 9.17) is 0 Å². The van der Waals surface area contributed by atoms with Gasteiger partial charge in [0.15, 0.2) is 0 Å². The Kier molecular flexibility index (Phi) is 2.68. The monoisotopic (exact) mass is 238 g/mol. The zero-order valence-corrected chi connectivity index (χ0v) is 10.1. The van der Waals surface area contributed by atoms with Crippen LogP contribution in [0.25, 0.3) is 10.8 Å². The Labute approximate surface area is 105 Å². The number of benzene rings is 1. The number of aromatic amines is 1. The fourth-order valence-electron chi connectivity index (χ4n) is 1.99. The number of hydrogen-bond donors (Lipinski definition) is 2. The van der Waals surface area contributed by atoms with Gasteiger partial charge < -0.3 is 5.32 Å². The Hall–Kier alpha value is -2.36. The molecule has 0 bridgehead atoms. The molecule has 18 heavy (non-hydrogen) atoms. The molecule has 0 radical (unpaired) electrons. The van der Waals surface area contributed by atoms with E-state index in [2.05, 4.69) is 32.6 Å². The van der Waals surface area contributed by atoms with Crippen molar-refractivity contribution in [1.82, 2.24) is 15.2 Å². The minimum atomic E-state index is 0.726. The smallest absolute Gasteiger partial charge is 0.134 e. The molecule has 0 atom stereocenters. The Balaban J connectivity index is 1.89. The third kappa shape index (κ3) is 1.93. The Morgan fingerprint density at radius 1 is 1.22 bits per heavy atom. The van der Waals surface area contributed by atoms with E-state index >= 15 is 0 Å². The molecule has 1 aromatic carbocycles. The van der Waals surface area contributed by atoms with Crippen molar-refractivity contribution < 1.29 is 0 Å². The Morgan fingerprint density at radius 2 is 2.11 bits per heavy atom. The minimum absolute atomic E-state index is 0.726. The number of nitrogens with one attached hydrogen (secondary N) is 2. The summed E-state index contributed by atoms with van der Waals surface area (Å²) in [5.41, 5.74) is 2.24. The largest absolute Gasteiger partial charge is 0.365 e. The first-order valence-corrected chi connectivity index (χ1v) is 5.91. The van der Waals surface area contributed by atoms with Crippen molar-refractivity contribution in [3.63, 3.8) is 0 Å². The molecule has 0 aliphatic heterocycles. The molecule has 0 spiro atoms. The van der Waals surface area contributed by atoms with Gasteiger partial charge in [-0.1, -0.05) is 24.3 Å². The van der Waals surface area contributed by atoms with Crippen molar-refractivity contribution >= 4 is 16.6 Å². The maximum Gasteiger partial charge on any atom is 0.134 e. The van der Waals surface area contributed by atoms with Crippen molar-refractivity contribution in [1.29, 1.82) is 0 Å². The van der Waals surface area contributed by atoms with E-state index in [1.165, 1.54) is 5.39 Å². The summed E-state index contributed by atoms with van der Waals surface area (Å²) < 4.78 is 0. The number of aromatic nitrogens is 3. The Bertz CT molecular complexity index is 667. The highest BCUT2D eigenvalue weighted by atomic mass is 15.1. The molecule has 0 saturated carbocycles. The zero-order valence-electron chi connectivity index (χ0n) is 10.1. The second kappa shape index (κ2) is 4.49. The van der Waals surface area contributed by atoms with E-state index < -0.39 is 0 Å². The summed E-state index contributed by atoms with van der Waals surface area (Å²) in [5.74, 6) is 0.911. The fourth-order valence-corrected chi connectivity index (χ4v) is 1.99. The normalized spacial score (nSPS) is 10.7. The molecule has 2 N–H and O–H groups in total. The van der Waals surface area contributed by atoms with Gasteiger partial charge in [0.05, 0.1) is 6.20 Å². The number of H-pyrrole nitrogens is 1. The van der Waals surface area contributed by atoms with Crippen LogP contribution in [0.3, 0.4) is 0 Å². The first kappa shape index (κ1) is 10.8. The maximum absolute atomic E-state index is 4.39. The second-order valence-electron chi connectivity index (χ2n) is 4.25. The molecule has 4 nitrogen and oxygen atoms in total. The molecule has 0 unspecified atom stereocenters. The van der Waals surface area contributed by atoms with Gasteiger partial charge in [0.25, 0.3) is 0 Å². The SMILES string of the molecule is Cc1[nH]ncc1CNc1nccc2ccccc12. The van der Waals surface area contributed by atoms with Gasteiger partial charge in [-0.05, 0) is 18.4 Å². The third-order valence-corrected chi connectivity index (χ3v) is 3.05. The molecular weight excluding hydrogens is 224 g/mol. The predicted octanol–water partition coefficient (Wildman–Crippen LogP) is 2.88. The first-order valence-electron chi connectivity index (χ1n) is 5.91. The fraction of sp³-hybridized carbons (Fsp3) is 0.143. The van der Waals surface area contributed by atoms with Crippen LogP contribution >= 0.6 is 0 Å². The summed E-state index contributed by atoms with van der Waals surface area (Å²) in [6, 6.07) is 10.2. The molecule has 0 aliphatic rings. The van der Waals surface area contributed by atoms with Crippen LogP contribution in [-0.4, -0.2) is 15.2 Å². The van der Waals surface area contributed by atoms with Gasteiger partial charge in [-0.2, -0.15) is 5.10 Å². The van der Waals surface area contributed by atoms with E-state index in [-0.39, 0.29) is 0 Å². The standard InChI is InChI=1S/C14H14N4/c1-10-12(9-17-18-10)8-16-14-13-5-3-2-4-11(13)6-7-15-14/h2-7,9H,8H2,1H3,(H,15,16)(H,17,18). The molecule has 0 amide bonds. The number of rotatable bonds is 3. The summed E-state index contributed by atoms with van der Waals surface area (Å²) in [4.78, 5) is 4.39. The van der Waals surface area contributed by atoms with Gasteiger partial charge in [0.2, 0.25) is 0 Å². The number of anilines is 1. The van der Waals surface area contributed by atoms with Gasteiger partial charge in [-0.25, -0.2) is 4.98 Å². The van der Waals surface area contributed by atoms with E-state index in [0.717, 1.165) is 29.0 Å². The summed E-state index contributed by atoms with van der Waals surface area (Å²) in [6.07, 6.45) is 3.67.